The first kappa shape index (κ1) is 21.6. The van der Waals surface area contributed by atoms with E-state index in [2.05, 4.69) is 110 Å². The van der Waals surface area contributed by atoms with Crippen LogP contribution in [0.1, 0.15) is 13.3 Å². The van der Waals surface area contributed by atoms with Crippen LogP contribution < -0.4 is 16.3 Å². The van der Waals surface area contributed by atoms with E-state index in [1.54, 1.807) is 0 Å². The van der Waals surface area contributed by atoms with Gasteiger partial charge in [-0.15, -0.1) is 0 Å². The Morgan fingerprint density at radius 1 is 0.852 bits per heavy atom. The maximum Gasteiger partial charge on any atom is 0.0181 e. The average Bonchev–Trinajstić information content (AvgIpc) is 3.39. The van der Waals surface area contributed by atoms with Crippen LogP contribution in [0.15, 0.2) is 109 Å². The molecule has 2 aliphatic rings. The van der Waals surface area contributed by atoms with Gasteiger partial charge in [-0.1, -0.05) is 103 Å². The van der Waals surface area contributed by atoms with Crippen LogP contribution in [0.2, 0.25) is 0 Å². The Hall–Kier alpha value is -1.69. The molecular weight excluding hydrogens is 389 g/mol. The van der Waals surface area contributed by atoms with Crippen molar-refractivity contribution in [2.45, 2.75) is 19.4 Å². The fourth-order valence-electron chi connectivity index (χ4n) is 3.15. The molecule has 4 rings (SSSR count). The van der Waals surface area contributed by atoms with Crippen LogP contribution in [0.3, 0.4) is 0 Å². The molecule has 1 nitrogen and oxygen atoms in total. The van der Waals surface area contributed by atoms with Crippen LogP contribution in [0, 0.1) is 5.92 Å². The molecule has 2 aromatic rings. The van der Waals surface area contributed by atoms with Gasteiger partial charge >= 0.3 is 0 Å². The zero-order valence-electron chi connectivity index (χ0n) is 15.6. The monoisotopic (exact) mass is 415 g/mol. The van der Waals surface area contributed by atoms with Gasteiger partial charge < -0.3 is 5.73 Å². The number of nitrogens with two attached hydrogens (primary N) is 1. The summed E-state index contributed by atoms with van der Waals surface area (Å²) in [5, 5.41) is 4.23. The third-order valence-electron chi connectivity index (χ3n) is 4.44. The molecule has 0 radical (unpaired) electrons. The number of rotatable bonds is 4. The predicted octanol–water partition coefficient (Wildman–Crippen LogP) is 5.04. The number of hydrogen-bond donors (Lipinski definition) is 1. The molecule has 3 heteroatoms. The third-order valence-corrected chi connectivity index (χ3v) is 7.03. The van der Waals surface area contributed by atoms with Gasteiger partial charge in [-0.25, -0.2) is 0 Å². The van der Waals surface area contributed by atoms with Gasteiger partial charge in [-0.2, -0.15) is 0 Å². The van der Waals surface area contributed by atoms with Gasteiger partial charge in [0.15, 0.2) is 0 Å². The number of hydrogen-bond acceptors (Lipinski definition) is 1. The molecular formula is C24H26FeNP. The molecule has 2 aromatic carbocycles. The van der Waals surface area contributed by atoms with Gasteiger partial charge in [0.05, 0.1) is 0 Å². The molecule has 2 atom stereocenters. The first-order valence-corrected chi connectivity index (χ1v) is 10.5. The Labute approximate surface area is 175 Å². The van der Waals surface area contributed by atoms with Crippen molar-refractivity contribution in [1.29, 1.82) is 0 Å². The molecule has 0 heterocycles. The molecule has 0 aromatic heterocycles. The van der Waals surface area contributed by atoms with Crippen LogP contribution in [0.4, 0.5) is 0 Å². The Morgan fingerprint density at radius 3 is 1.78 bits per heavy atom. The topological polar surface area (TPSA) is 26.0 Å². The van der Waals surface area contributed by atoms with Crippen molar-refractivity contribution < 1.29 is 17.1 Å². The Morgan fingerprint density at radius 2 is 1.37 bits per heavy atom. The third kappa shape index (κ3) is 5.89. The van der Waals surface area contributed by atoms with E-state index < -0.39 is 7.92 Å². The predicted molar refractivity (Wildman–Crippen MR) is 116 cm³/mol. The smallest absolute Gasteiger partial charge is 0.0181 e. The molecule has 0 saturated heterocycles. The maximum absolute atomic E-state index is 6.20. The fraction of sp³-hybridized carbons (Fsp3) is 0.167. The minimum absolute atomic E-state index is 0. The summed E-state index contributed by atoms with van der Waals surface area (Å²) in [5.74, 6) is 0.344. The van der Waals surface area contributed by atoms with Gasteiger partial charge in [0.25, 0.3) is 0 Å². The second-order valence-corrected chi connectivity index (χ2v) is 8.68. The number of allylic oxidation sites excluding steroid dienone is 6. The second kappa shape index (κ2) is 11.2. The quantitative estimate of drug-likeness (QED) is 0.550. The summed E-state index contributed by atoms with van der Waals surface area (Å²) in [6, 6.07) is 21.7. The van der Waals surface area contributed by atoms with Crippen LogP contribution in [0.5, 0.6) is 0 Å². The maximum atomic E-state index is 6.20. The molecule has 0 fully saturated rings. The Kier molecular flexibility index (Phi) is 8.98. The minimum Gasteiger partial charge on any atom is -0.327 e. The minimum atomic E-state index is -0.505. The summed E-state index contributed by atoms with van der Waals surface area (Å²) in [6.45, 7) is 2.09. The largest absolute Gasteiger partial charge is 0.327 e. The van der Waals surface area contributed by atoms with Crippen molar-refractivity contribution in [3.63, 3.8) is 0 Å². The van der Waals surface area contributed by atoms with Crippen molar-refractivity contribution in [3.05, 3.63) is 109 Å². The van der Waals surface area contributed by atoms with Gasteiger partial charge in [-0.05, 0) is 37.2 Å². The summed E-state index contributed by atoms with van der Waals surface area (Å²) in [7, 11) is -0.505. The zero-order valence-corrected chi connectivity index (χ0v) is 17.6. The van der Waals surface area contributed by atoms with E-state index in [1.807, 2.05) is 0 Å². The van der Waals surface area contributed by atoms with Gasteiger partial charge in [0.2, 0.25) is 0 Å². The normalized spacial score (nSPS) is 17.9. The average molecular weight is 415 g/mol. The van der Waals surface area contributed by atoms with Crippen LogP contribution in [-0.4, -0.2) is 6.04 Å². The van der Waals surface area contributed by atoms with Gasteiger partial charge in [-0.3, -0.25) is 0 Å². The molecule has 0 spiro atoms. The van der Waals surface area contributed by atoms with Crippen molar-refractivity contribution in [2.24, 2.45) is 11.7 Å². The van der Waals surface area contributed by atoms with E-state index in [9.17, 15) is 0 Å². The summed E-state index contributed by atoms with van der Waals surface area (Å²) in [4.78, 5) is 0. The van der Waals surface area contributed by atoms with Crippen molar-refractivity contribution in [1.82, 2.24) is 0 Å². The van der Waals surface area contributed by atoms with E-state index in [-0.39, 0.29) is 23.1 Å². The standard InChI is InChI=1S/C19H20NP.C5H6.Fe/c1-15(20)18-13-8-14-19(18)21(16-9-4-2-5-10-16)17-11-6-3-7-12-17;1-2-4-5-3-1;/h2-15,18H,20H2,1H3;1-4H,5H2;. The molecule has 2 N–H and O–H groups in total. The Balaban J connectivity index is 0.000000379. The molecule has 2 unspecified atom stereocenters. The van der Waals surface area contributed by atoms with E-state index in [1.165, 1.54) is 15.9 Å². The van der Waals surface area contributed by atoms with Crippen LogP contribution in [0.25, 0.3) is 0 Å². The van der Waals surface area contributed by atoms with Crippen molar-refractivity contribution in [2.75, 3.05) is 0 Å². The van der Waals surface area contributed by atoms with Gasteiger partial charge in [0, 0.05) is 29.0 Å². The SMILES string of the molecule is C1=CCC=C1.CC(N)C1C=CC=C1P(c1ccccc1)c1ccccc1.[Fe]. The number of benzene rings is 2. The van der Waals surface area contributed by atoms with Gasteiger partial charge in [0.1, 0.15) is 0 Å². The molecule has 0 bridgehead atoms. The fourth-order valence-corrected chi connectivity index (χ4v) is 5.84. The molecule has 140 valence electrons. The van der Waals surface area contributed by atoms with Crippen molar-refractivity contribution in [3.8, 4) is 0 Å². The molecule has 2 aliphatic carbocycles. The first-order valence-electron chi connectivity index (χ1n) is 9.13. The molecule has 0 saturated carbocycles. The summed E-state index contributed by atoms with van der Waals surface area (Å²) >= 11 is 0. The van der Waals surface area contributed by atoms with E-state index in [0.29, 0.717) is 5.92 Å². The summed E-state index contributed by atoms with van der Waals surface area (Å²) in [6.07, 6.45) is 16.2. The van der Waals surface area contributed by atoms with Crippen LogP contribution >= 0.6 is 7.92 Å². The summed E-state index contributed by atoms with van der Waals surface area (Å²) in [5.41, 5.74) is 6.20. The zero-order chi connectivity index (χ0) is 18.2. The molecule has 27 heavy (non-hydrogen) atoms. The van der Waals surface area contributed by atoms with Crippen molar-refractivity contribution >= 4 is 18.5 Å². The van der Waals surface area contributed by atoms with E-state index in [0.717, 1.165) is 6.42 Å². The molecule has 0 amide bonds. The summed E-state index contributed by atoms with van der Waals surface area (Å²) < 4.78 is 0. The molecule has 0 aliphatic heterocycles. The second-order valence-electron chi connectivity index (χ2n) is 6.46. The van der Waals surface area contributed by atoms with Crippen LogP contribution in [-0.2, 0) is 17.1 Å². The van der Waals surface area contributed by atoms with E-state index >= 15 is 0 Å². The first-order chi connectivity index (χ1) is 12.8. The van der Waals surface area contributed by atoms with E-state index in [4.69, 9.17) is 5.73 Å². The Bertz CT molecular complexity index is 757.